The lowest BCUT2D eigenvalue weighted by atomic mass is 10.1. The molecule has 1 aromatic heterocycles. The molecule has 2 aromatic carbocycles. The SMILES string of the molecule is CCc1cc(=O)[nH]c(SC(C)C(=O)Nc2cccc3ccccc23)n1. The fraction of sp³-hybridized carbons (Fsp3) is 0.211. The van der Waals surface area contributed by atoms with E-state index in [1.807, 2.05) is 49.4 Å². The predicted octanol–water partition coefficient (Wildman–Crippen LogP) is 3.60. The van der Waals surface area contributed by atoms with Crippen LogP contribution in [0.25, 0.3) is 10.8 Å². The minimum atomic E-state index is -0.394. The van der Waals surface area contributed by atoms with Crippen LogP contribution in [0, 0.1) is 0 Å². The van der Waals surface area contributed by atoms with Crippen molar-refractivity contribution in [1.29, 1.82) is 0 Å². The summed E-state index contributed by atoms with van der Waals surface area (Å²) in [5.74, 6) is -0.133. The van der Waals surface area contributed by atoms with Gasteiger partial charge < -0.3 is 10.3 Å². The number of carbonyl (C=O) groups excluding carboxylic acids is 1. The van der Waals surface area contributed by atoms with Crippen LogP contribution >= 0.6 is 11.8 Å². The lowest BCUT2D eigenvalue weighted by Crippen LogP contribution is -2.23. The molecule has 1 atom stereocenters. The van der Waals surface area contributed by atoms with Crippen molar-refractivity contribution in [2.45, 2.75) is 30.7 Å². The van der Waals surface area contributed by atoms with Gasteiger partial charge in [-0.05, 0) is 24.8 Å². The van der Waals surface area contributed by atoms with E-state index in [2.05, 4.69) is 15.3 Å². The van der Waals surface area contributed by atoms with Gasteiger partial charge in [-0.25, -0.2) is 4.98 Å². The molecule has 0 spiro atoms. The van der Waals surface area contributed by atoms with Crippen molar-refractivity contribution in [3.05, 3.63) is 64.6 Å². The molecule has 0 aliphatic carbocycles. The van der Waals surface area contributed by atoms with Crippen LogP contribution in [-0.2, 0) is 11.2 Å². The summed E-state index contributed by atoms with van der Waals surface area (Å²) in [5.41, 5.74) is 1.29. The Morgan fingerprint density at radius 3 is 2.80 bits per heavy atom. The number of aromatic amines is 1. The summed E-state index contributed by atoms with van der Waals surface area (Å²) in [6.07, 6.45) is 0.675. The Morgan fingerprint density at radius 1 is 1.24 bits per heavy atom. The Bertz CT molecular complexity index is 963. The number of aromatic nitrogens is 2. The van der Waals surface area contributed by atoms with Crippen molar-refractivity contribution in [2.24, 2.45) is 0 Å². The van der Waals surface area contributed by atoms with Gasteiger partial charge in [-0.2, -0.15) is 0 Å². The molecule has 5 nitrogen and oxygen atoms in total. The highest BCUT2D eigenvalue weighted by molar-refractivity contribution is 8.00. The van der Waals surface area contributed by atoms with Crippen LogP contribution in [-0.4, -0.2) is 21.1 Å². The second-order valence-electron chi connectivity index (χ2n) is 5.67. The van der Waals surface area contributed by atoms with E-state index >= 15 is 0 Å². The number of hydrogen-bond donors (Lipinski definition) is 2. The highest BCUT2D eigenvalue weighted by atomic mass is 32.2. The molecule has 3 rings (SSSR count). The third kappa shape index (κ3) is 4.09. The largest absolute Gasteiger partial charge is 0.325 e. The van der Waals surface area contributed by atoms with Crippen LogP contribution in [0.5, 0.6) is 0 Å². The Morgan fingerprint density at radius 2 is 2.00 bits per heavy atom. The van der Waals surface area contributed by atoms with Gasteiger partial charge in [-0.3, -0.25) is 9.59 Å². The van der Waals surface area contributed by atoms with Gasteiger partial charge in [0.25, 0.3) is 5.56 Å². The topological polar surface area (TPSA) is 74.8 Å². The van der Waals surface area contributed by atoms with Gasteiger partial charge in [0, 0.05) is 22.8 Å². The van der Waals surface area contributed by atoms with Crippen LogP contribution in [0.1, 0.15) is 19.5 Å². The fourth-order valence-corrected chi connectivity index (χ4v) is 3.34. The summed E-state index contributed by atoms with van der Waals surface area (Å²) >= 11 is 1.24. The number of hydrogen-bond acceptors (Lipinski definition) is 4. The van der Waals surface area contributed by atoms with Crippen molar-refractivity contribution < 1.29 is 4.79 Å². The van der Waals surface area contributed by atoms with E-state index in [1.165, 1.54) is 17.8 Å². The summed E-state index contributed by atoms with van der Waals surface area (Å²) < 4.78 is 0. The third-order valence-corrected chi connectivity index (χ3v) is 4.82. The van der Waals surface area contributed by atoms with E-state index in [0.29, 0.717) is 17.3 Å². The smallest absolute Gasteiger partial charge is 0.251 e. The molecule has 1 heterocycles. The molecule has 6 heteroatoms. The first-order valence-corrected chi connectivity index (χ1v) is 9.00. The number of H-pyrrole nitrogens is 1. The highest BCUT2D eigenvalue weighted by Crippen LogP contribution is 2.25. The molecule has 128 valence electrons. The summed E-state index contributed by atoms with van der Waals surface area (Å²) in [7, 11) is 0. The summed E-state index contributed by atoms with van der Waals surface area (Å²) in [4.78, 5) is 31.2. The second kappa shape index (κ2) is 7.53. The van der Waals surface area contributed by atoms with Crippen LogP contribution in [0.4, 0.5) is 5.69 Å². The molecule has 0 fully saturated rings. The number of nitrogens with one attached hydrogen (secondary N) is 2. The average Bonchev–Trinajstić information content (AvgIpc) is 2.61. The number of rotatable bonds is 5. The number of aryl methyl sites for hydroxylation is 1. The van der Waals surface area contributed by atoms with Crippen molar-refractivity contribution in [3.63, 3.8) is 0 Å². The molecule has 0 bridgehead atoms. The van der Waals surface area contributed by atoms with E-state index in [9.17, 15) is 9.59 Å². The van der Waals surface area contributed by atoms with Crippen molar-refractivity contribution in [3.8, 4) is 0 Å². The average molecular weight is 353 g/mol. The fourth-order valence-electron chi connectivity index (χ4n) is 2.51. The van der Waals surface area contributed by atoms with Gasteiger partial charge >= 0.3 is 0 Å². The molecule has 0 saturated carbocycles. The zero-order valence-electron chi connectivity index (χ0n) is 14.1. The quantitative estimate of drug-likeness (QED) is 0.543. The standard InChI is InChI=1S/C19H19N3O2S/c1-3-14-11-17(23)22-19(20-14)25-12(2)18(24)21-16-10-6-8-13-7-4-5-9-15(13)16/h4-12H,3H2,1-2H3,(H,21,24)(H,20,22,23). The minimum Gasteiger partial charge on any atom is -0.325 e. The molecule has 25 heavy (non-hydrogen) atoms. The molecule has 1 unspecified atom stereocenters. The van der Waals surface area contributed by atoms with E-state index in [1.54, 1.807) is 6.92 Å². The lowest BCUT2D eigenvalue weighted by molar-refractivity contribution is -0.115. The molecular weight excluding hydrogens is 334 g/mol. The van der Waals surface area contributed by atoms with Crippen LogP contribution in [0.2, 0.25) is 0 Å². The molecule has 2 N–H and O–H groups in total. The lowest BCUT2D eigenvalue weighted by Gasteiger charge is -2.13. The van der Waals surface area contributed by atoms with Gasteiger partial charge in [0.2, 0.25) is 5.91 Å². The normalized spacial score (nSPS) is 12.1. The number of benzene rings is 2. The number of fused-ring (bicyclic) bond motifs is 1. The van der Waals surface area contributed by atoms with Gasteiger partial charge in [0.15, 0.2) is 5.16 Å². The van der Waals surface area contributed by atoms with E-state index in [-0.39, 0.29) is 11.5 Å². The predicted molar refractivity (Wildman–Crippen MR) is 102 cm³/mol. The van der Waals surface area contributed by atoms with Crippen LogP contribution in [0.15, 0.2) is 58.5 Å². The van der Waals surface area contributed by atoms with Crippen molar-refractivity contribution >= 4 is 34.1 Å². The van der Waals surface area contributed by atoms with Gasteiger partial charge in [0.1, 0.15) is 0 Å². The first-order valence-electron chi connectivity index (χ1n) is 8.12. The summed E-state index contributed by atoms with van der Waals surface area (Å²) in [5, 5.41) is 5.10. The molecule has 0 saturated heterocycles. The highest BCUT2D eigenvalue weighted by Gasteiger charge is 2.17. The first kappa shape index (κ1) is 17.2. The first-order chi connectivity index (χ1) is 12.1. The maximum Gasteiger partial charge on any atom is 0.251 e. The Balaban J connectivity index is 1.76. The number of amides is 1. The van der Waals surface area contributed by atoms with Crippen molar-refractivity contribution in [1.82, 2.24) is 9.97 Å². The molecular formula is C19H19N3O2S. The number of nitrogens with zero attached hydrogens (tertiary/aromatic N) is 1. The number of carbonyl (C=O) groups is 1. The molecule has 1 amide bonds. The van der Waals surface area contributed by atoms with Crippen molar-refractivity contribution in [2.75, 3.05) is 5.32 Å². The molecule has 0 radical (unpaired) electrons. The summed E-state index contributed by atoms with van der Waals surface area (Å²) in [6, 6.07) is 15.2. The Hall–Kier alpha value is -2.60. The van der Waals surface area contributed by atoms with E-state index < -0.39 is 5.25 Å². The second-order valence-corrected chi connectivity index (χ2v) is 7.00. The Kier molecular flexibility index (Phi) is 5.19. The van der Waals surface area contributed by atoms with Crippen LogP contribution in [0.3, 0.4) is 0 Å². The minimum absolute atomic E-state index is 0.133. The van der Waals surface area contributed by atoms with Crippen LogP contribution < -0.4 is 10.9 Å². The monoisotopic (exact) mass is 353 g/mol. The van der Waals surface area contributed by atoms with Gasteiger partial charge in [0.05, 0.1) is 5.25 Å². The molecule has 0 aliphatic heterocycles. The Labute approximate surface area is 149 Å². The maximum atomic E-state index is 12.5. The zero-order valence-corrected chi connectivity index (χ0v) is 14.9. The van der Waals surface area contributed by atoms with E-state index in [4.69, 9.17) is 0 Å². The maximum absolute atomic E-state index is 12.5. The molecule has 3 aromatic rings. The summed E-state index contributed by atoms with van der Waals surface area (Å²) in [6.45, 7) is 3.73. The third-order valence-electron chi connectivity index (χ3n) is 3.84. The van der Waals surface area contributed by atoms with E-state index in [0.717, 1.165) is 16.5 Å². The molecule has 0 aliphatic rings. The van der Waals surface area contributed by atoms with Gasteiger partial charge in [-0.1, -0.05) is 55.1 Å². The zero-order chi connectivity index (χ0) is 17.8. The number of anilines is 1. The van der Waals surface area contributed by atoms with Gasteiger partial charge in [-0.15, -0.1) is 0 Å². The number of thioether (sulfide) groups is 1.